The van der Waals surface area contributed by atoms with Crippen LogP contribution >= 0.6 is 15.9 Å². The number of likely N-dealkylation sites (tertiary alicyclic amines) is 1. The predicted molar refractivity (Wildman–Crippen MR) is 79.3 cm³/mol. The third-order valence-corrected chi connectivity index (χ3v) is 4.22. The van der Waals surface area contributed by atoms with Crippen molar-refractivity contribution in [2.24, 2.45) is 5.41 Å². The molecular formula is C15H18BrNO3. The van der Waals surface area contributed by atoms with E-state index in [4.69, 9.17) is 4.74 Å². The van der Waals surface area contributed by atoms with Gasteiger partial charge >= 0.3 is 0 Å². The molecule has 0 unspecified atom stereocenters. The highest BCUT2D eigenvalue weighted by Gasteiger charge is 2.37. The molecule has 0 spiro atoms. The number of nitrogens with zero attached hydrogens (tertiary/aromatic N) is 1. The molecule has 0 aliphatic carbocycles. The SMILES string of the molecule is COc1ccc(Br)c(CN2C(=O)CC(C)(C)CC2=O)c1. The van der Waals surface area contributed by atoms with E-state index in [1.54, 1.807) is 7.11 Å². The number of imide groups is 1. The first kappa shape index (κ1) is 15.0. The van der Waals surface area contributed by atoms with E-state index in [9.17, 15) is 9.59 Å². The summed E-state index contributed by atoms with van der Waals surface area (Å²) in [6, 6.07) is 5.53. The van der Waals surface area contributed by atoms with Crippen molar-refractivity contribution in [3.05, 3.63) is 28.2 Å². The van der Waals surface area contributed by atoms with Crippen molar-refractivity contribution in [1.82, 2.24) is 4.90 Å². The number of carbonyl (C=O) groups excluding carboxylic acids is 2. The van der Waals surface area contributed by atoms with E-state index >= 15 is 0 Å². The minimum absolute atomic E-state index is 0.110. The smallest absolute Gasteiger partial charge is 0.230 e. The number of amides is 2. The molecule has 0 atom stereocenters. The van der Waals surface area contributed by atoms with E-state index in [0.29, 0.717) is 18.6 Å². The number of carbonyl (C=O) groups is 2. The molecule has 1 aromatic rings. The number of hydrogen-bond donors (Lipinski definition) is 0. The van der Waals surface area contributed by atoms with Crippen molar-refractivity contribution in [2.75, 3.05) is 7.11 Å². The van der Waals surface area contributed by atoms with Crippen LogP contribution in [0.5, 0.6) is 5.75 Å². The molecule has 1 aliphatic rings. The van der Waals surface area contributed by atoms with E-state index in [1.807, 2.05) is 32.0 Å². The zero-order valence-corrected chi connectivity index (χ0v) is 13.5. The fraction of sp³-hybridized carbons (Fsp3) is 0.467. The number of benzene rings is 1. The van der Waals surface area contributed by atoms with Crippen LogP contribution in [0.2, 0.25) is 0 Å². The summed E-state index contributed by atoms with van der Waals surface area (Å²) in [5.74, 6) is 0.488. The summed E-state index contributed by atoms with van der Waals surface area (Å²) in [5.41, 5.74) is 0.627. The maximum atomic E-state index is 12.1. The van der Waals surface area contributed by atoms with Gasteiger partial charge in [-0.15, -0.1) is 0 Å². The Bertz CT molecular complexity index is 534. The molecule has 2 rings (SSSR count). The first-order chi connectivity index (χ1) is 9.32. The van der Waals surface area contributed by atoms with Gasteiger partial charge in [0.25, 0.3) is 0 Å². The highest BCUT2D eigenvalue weighted by atomic mass is 79.9. The van der Waals surface area contributed by atoms with Gasteiger partial charge in [-0.05, 0) is 29.2 Å². The topological polar surface area (TPSA) is 46.6 Å². The first-order valence-corrected chi connectivity index (χ1v) is 7.27. The Hall–Kier alpha value is -1.36. The molecule has 0 radical (unpaired) electrons. The van der Waals surface area contributed by atoms with Crippen LogP contribution in [-0.2, 0) is 16.1 Å². The second-order valence-corrected chi connectivity index (χ2v) is 6.70. The van der Waals surface area contributed by atoms with Gasteiger partial charge < -0.3 is 4.74 Å². The second kappa shape index (κ2) is 5.56. The van der Waals surface area contributed by atoms with Crippen LogP contribution in [-0.4, -0.2) is 23.8 Å². The Morgan fingerprint density at radius 1 is 1.25 bits per heavy atom. The highest BCUT2D eigenvalue weighted by Crippen LogP contribution is 2.33. The maximum absolute atomic E-state index is 12.1. The third kappa shape index (κ3) is 3.20. The summed E-state index contributed by atoms with van der Waals surface area (Å²) in [6.45, 7) is 4.18. The molecule has 1 saturated heterocycles. The molecule has 1 heterocycles. The summed E-state index contributed by atoms with van der Waals surface area (Å²) in [7, 11) is 1.59. The van der Waals surface area contributed by atoms with Crippen molar-refractivity contribution < 1.29 is 14.3 Å². The zero-order valence-electron chi connectivity index (χ0n) is 11.9. The monoisotopic (exact) mass is 339 g/mol. The number of rotatable bonds is 3. The molecular weight excluding hydrogens is 322 g/mol. The Morgan fingerprint density at radius 2 is 1.85 bits per heavy atom. The average Bonchev–Trinajstić information content (AvgIpc) is 2.34. The number of halogens is 1. The lowest BCUT2D eigenvalue weighted by Crippen LogP contribution is -2.45. The van der Waals surface area contributed by atoms with Crippen molar-refractivity contribution >= 4 is 27.7 Å². The summed E-state index contributed by atoms with van der Waals surface area (Å²) >= 11 is 3.44. The molecule has 5 heteroatoms. The number of piperidine rings is 1. The molecule has 0 saturated carbocycles. The predicted octanol–water partition coefficient (Wildman–Crippen LogP) is 3.13. The fourth-order valence-corrected chi connectivity index (χ4v) is 2.73. The Morgan fingerprint density at radius 3 is 2.40 bits per heavy atom. The van der Waals surface area contributed by atoms with Gasteiger partial charge in [0.2, 0.25) is 11.8 Å². The molecule has 0 bridgehead atoms. The quantitative estimate of drug-likeness (QED) is 0.795. The number of hydrogen-bond acceptors (Lipinski definition) is 3. The van der Waals surface area contributed by atoms with E-state index in [0.717, 1.165) is 10.0 Å². The van der Waals surface area contributed by atoms with Crippen LogP contribution < -0.4 is 4.74 Å². The molecule has 1 aromatic carbocycles. The lowest BCUT2D eigenvalue weighted by Gasteiger charge is -2.34. The van der Waals surface area contributed by atoms with Crippen LogP contribution in [0.4, 0.5) is 0 Å². The Kier molecular flexibility index (Phi) is 4.18. The van der Waals surface area contributed by atoms with Gasteiger partial charge in [0, 0.05) is 17.3 Å². The molecule has 2 amide bonds. The van der Waals surface area contributed by atoms with Crippen LogP contribution in [0.1, 0.15) is 32.3 Å². The summed E-state index contributed by atoms with van der Waals surface area (Å²) in [6.07, 6.45) is 0.806. The van der Waals surface area contributed by atoms with E-state index < -0.39 is 0 Å². The molecule has 1 aliphatic heterocycles. The van der Waals surface area contributed by atoms with Gasteiger partial charge in [-0.25, -0.2) is 0 Å². The molecule has 1 fully saturated rings. The first-order valence-electron chi connectivity index (χ1n) is 6.48. The van der Waals surface area contributed by atoms with Crippen molar-refractivity contribution in [3.8, 4) is 5.75 Å². The standard InChI is InChI=1S/C15H18BrNO3/c1-15(2)7-13(18)17(14(19)8-15)9-10-6-11(20-3)4-5-12(10)16/h4-6H,7-9H2,1-3H3. The van der Waals surface area contributed by atoms with Gasteiger partial charge in [-0.1, -0.05) is 29.8 Å². The summed E-state index contributed by atoms with van der Waals surface area (Å²) < 4.78 is 6.04. The minimum Gasteiger partial charge on any atom is -0.497 e. The molecule has 0 N–H and O–H groups in total. The molecule has 4 nitrogen and oxygen atoms in total. The molecule has 0 aromatic heterocycles. The van der Waals surface area contributed by atoms with Crippen molar-refractivity contribution in [1.29, 1.82) is 0 Å². The van der Waals surface area contributed by atoms with Gasteiger partial charge in [-0.2, -0.15) is 0 Å². The Labute approximate surface area is 127 Å². The maximum Gasteiger partial charge on any atom is 0.230 e. The van der Waals surface area contributed by atoms with E-state index in [1.165, 1.54) is 4.90 Å². The third-order valence-electron chi connectivity index (χ3n) is 3.44. The largest absolute Gasteiger partial charge is 0.497 e. The zero-order chi connectivity index (χ0) is 14.9. The van der Waals surface area contributed by atoms with Crippen LogP contribution in [0, 0.1) is 5.41 Å². The second-order valence-electron chi connectivity index (χ2n) is 5.85. The normalized spacial score (nSPS) is 18.3. The van der Waals surface area contributed by atoms with Gasteiger partial charge in [0.1, 0.15) is 5.75 Å². The van der Waals surface area contributed by atoms with Crippen LogP contribution in [0.25, 0.3) is 0 Å². The van der Waals surface area contributed by atoms with Crippen LogP contribution in [0.3, 0.4) is 0 Å². The van der Waals surface area contributed by atoms with Crippen molar-refractivity contribution in [3.63, 3.8) is 0 Å². The van der Waals surface area contributed by atoms with Crippen molar-refractivity contribution in [2.45, 2.75) is 33.2 Å². The average molecular weight is 340 g/mol. The lowest BCUT2D eigenvalue weighted by molar-refractivity contribution is -0.153. The molecule has 20 heavy (non-hydrogen) atoms. The summed E-state index contributed by atoms with van der Waals surface area (Å²) in [4.78, 5) is 25.6. The number of methoxy groups -OCH3 is 1. The van der Waals surface area contributed by atoms with Gasteiger partial charge in [0.15, 0.2) is 0 Å². The van der Waals surface area contributed by atoms with Gasteiger partial charge in [-0.3, -0.25) is 14.5 Å². The highest BCUT2D eigenvalue weighted by molar-refractivity contribution is 9.10. The van der Waals surface area contributed by atoms with Crippen LogP contribution in [0.15, 0.2) is 22.7 Å². The fourth-order valence-electron chi connectivity index (χ4n) is 2.36. The summed E-state index contributed by atoms with van der Waals surface area (Å²) in [5, 5.41) is 0. The molecule has 108 valence electrons. The Balaban J connectivity index is 2.22. The number of ether oxygens (including phenoxy) is 1. The minimum atomic E-state index is -0.240. The van der Waals surface area contributed by atoms with Gasteiger partial charge in [0.05, 0.1) is 13.7 Å². The van der Waals surface area contributed by atoms with E-state index in [2.05, 4.69) is 15.9 Å². The van der Waals surface area contributed by atoms with E-state index in [-0.39, 0.29) is 23.8 Å². The lowest BCUT2D eigenvalue weighted by atomic mass is 9.81.